The van der Waals surface area contributed by atoms with Gasteiger partial charge in [0, 0.05) is 17.5 Å². The zero-order valence-electron chi connectivity index (χ0n) is 16.2. The average molecular weight is 388 g/mol. The average Bonchev–Trinajstić information content (AvgIpc) is 3.20. The number of amides is 2. The number of carbonyl (C=O) groups is 3. The summed E-state index contributed by atoms with van der Waals surface area (Å²) in [6, 6.07) is 5.12. The van der Waals surface area contributed by atoms with E-state index in [0.29, 0.717) is 36.4 Å². The molecule has 2 fully saturated rings. The zero-order chi connectivity index (χ0) is 20.1. The van der Waals surface area contributed by atoms with Gasteiger partial charge in [0.15, 0.2) is 0 Å². The Hall–Kier alpha value is -2.57. The summed E-state index contributed by atoms with van der Waals surface area (Å²) in [6.45, 7) is 0. The highest BCUT2D eigenvalue weighted by Crippen LogP contribution is 2.34. The number of hydrogen-bond donors (Lipinski definition) is 3. The van der Waals surface area contributed by atoms with Gasteiger partial charge in [0.25, 0.3) is 0 Å². The Bertz CT molecular complexity index is 742. The van der Waals surface area contributed by atoms with Crippen molar-refractivity contribution in [1.29, 1.82) is 0 Å². The number of ether oxygens (including phenoxy) is 1. The van der Waals surface area contributed by atoms with Gasteiger partial charge in [-0.2, -0.15) is 0 Å². The normalized spacial score (nSPS) is 22.5. The van der Waals surface area contributed by atoms with Gasteiger partial charge in [0.05, 0.1) is 18.7 Å². The van der Waals surface area contributed by atoms with Gasteiger partial charge in [0.2, 0.25) is 11.8 Å². The molecule has 0 aromatic heterocycles. The third-order valence-corrected chi connectivity index (χ3v) is 5.85. The Kier molecular flexibility index (Phi) is 6.54. The third kappa shape index (κ3) is 4.82. The van der Waals surface area contributed by atoms with Gasteiger partial charge in [-0.15, -0.1) is 0 Å². The first-order valence-electron chi connectivity index (χ1n) is 10.0. The monoisotopic (exact) mass is 388 g/mol. The van der Waals surface area contributed by atoms with Gasteiger partial charge in [-0.1, -0.05) is 19.3 Å². The van der Waals surface area contributed by atoms with Crippen molar-refractivity contribution in [2.24, 2.45) is 17.8 Å². The Morgan fingerprint density at radius 2 is 1.61 bits per heavy atom. The minimum atomic E-state index is -0.840. The van der Waals surface area contributed by atoms with Gasteiger partial charge in [-0.3, -0.25) is 14.4 Å². The van der Waals surface area contributed by atoms with Crippen LogP contribution in [0.15, 0.2) is 18.2 Å². The summed E-state index contributed by atoms with van der Waals surface area (Å²) in [5, 5.41) is 14.9. The Labute approximate surface area is 164 Å². The smallest absolute Gasteiger partial charge is 0.306 e. The second-order valence-corrected chi connectivity index (χ2v) is 7.77. The van der Waals surface area contributed by atoms with Crippen LogP contribution in [0.3, 0.4) is 0 Å². The molecule has 0 radical (unpaired) electrons. The lowest BCUT2D eigenvalue weighted by Crippen LogP contribution is -2.25. The molecule has 2 atom stereocenters. The molecule has 1 aromatic carbocycles. The summed E-state index contributed by atoms with van der Waals surface area (Å²) in [4.78, 5) is 36.2. The molecule has 0 saturated heterocycles. The summed E-state index contributed by atoms with van der Waals surface area (Å²) in [6.07, 6.45) is 6.59. The fourth-order valence-electron chi connectivity index (χ4n) is 4.17. The van der Waals surface area contributed by atoms with E-state index in [1.807, 2.05) is 0 Å². The third-order valence-electron chi connectivity index (χ3n) is 5.85. The maximum atomic E-state index is 12.6. The predicted octanol–water partition coefficient (Wildman–Crippen LogP) is 3.65. The highest BCUT2D eigenvalue weighted by molar-refractivity contribution is 5.97. The SMILES string of the molecule is COc1ccc(NC(=O)[C@@H]2CC[C@H](C(=O)O)C2)cc1NC(=O)C1CCCCC1. The van der Waals surface area contributed by atoms with Gasteiger partial charge >= 0.3 is 5.97 Å². The van der Waals surface area contributed by atoms with E-state index in [1.165, 1.54) is 13.5 Å². The highest BCUT2D eigenvalue weighted by Gasteiger charge is 2.34. The first-order valence-corrected chi connectivity index (χ1v) is 10.0. The van der Waals surface area contributed by atoms with Crippen LogP contribution >= 0.6 is 0 Å². The molecule has 2 aliphatic carbocycles. The molecular weight excluding hydrogens is 360 g/mol. The van der Waals surface area contributed by atoms with Gasteiger partial charge < -0.3 is 20.5 Å². The highest BCUT2D eigenvalue weighted by atomic mass is 16.5. The lowest BCUT2D eigenvalue weighted by Gasteiger charge is -2.21. The fourth-order valence-corrected chi connectivity index (χ4v) is 4.17. The van der Waals surface area contributed by atoms with Crippen molar-refractivity contribution in [2.75, 3.05) is 17.7 Å². The summed E-state index contributed by atoms with van der Waals surface area (Å²) in [7, 11) is 1.54. The lowest BCUT2D eigenvalue weighted by atomic mass is 9.88. The standard InChI is InChI=1S/C21H28N2O5/c1-28-18-10-9-16(22-20(25)14-7-8-15(11-14)21(26)27)12-17(18)23-19(24)13-5-3-2-4-6-13/h9-10,12-15H,2-8,11H2,1H3,(H,22,25)(H,23,24)(H,26,27)/t14-,15+/m1/s1. The minimum Gasteiger partial charge on any atom is -0.495 e. The number of hydrogen-bond acceptors (Lipinski definition) is 4. The van der Waals surface area contributed by atoms with E-state index in [2.05, 4.69) is 10.6 Å². The molecule has 0 unspecified atom stereocenters. The van der Waals surface area contributed by atoms with Gasteiger partial charge in [0.1, 0.15) is 5.75 Å². The van der Waals surface area contributed by atoms with Crippen LogP contribution in [-0.4, -0.2) is 30.0 Å². The number of benzene rings is 1. The molecule has 0 spiro atoms. The molecule has 7 nitrogen and oxygen atoms in total. The number of rotatable bonds is 6. The molecule has 3 rings (SSSR count). The number of nitrogens with one attached hydrogen (secondary N) is 2. The van der Waals surface area contributed by atoms with Crippen LogP contribution in [0.2, 0.25) is 0 Å². The molecule has 28 heavy (non-hydrogen) atoms. The van der Waals surface area contributed by atoms with E-state index >= 15 is 0 Å². The molecule has 3 N–H and O–H groups in total. The van der Waals surface area contributed by atoms with Crippen LogP contribution in [0.1, 0.15) is 51.4 Å². The molecule has 0 aliphatic heterocycles. The molecule has 2 saturated carbocycles. The number of methoxy groups -OCH3 is 1. The van der Waals surface area contributed by atoms with E-state index in [4.69, 9.17) is 9.84 Å². The van der Waals surface area contributed by atoms with E-state index in [0.717, 1.165) is 25.7 Å². The molecule has 2 aliphatic rings. The number of carboxylic acids is 1. The molecule has 0 bridgehead atoms. The van der Waals surface area contributed by atoms with Crippen LogP contribution < -0.4 is 15.4 Å². The van der Waals surface area contributed by atoms with E-state index < -0.39 is 11.9 Å². The Morgan fingerprint density at radius 3 is 2.25 bits per heavy atom. The molecule has 152 valence electrons. The van der Waals surface area contributed by atoms with Crippen LogP contribution in [0.4, 0.5) is 11.4 Å². The number of carboxylic acid groups (broad SMARTS) is 1. The van der Waals surface area contributed by atoms with Crippen molar-refractivity contribution >= 4 is 29.2 Å². The summed E-state index contributed by atoms with van der Waals surface area (Å²) in [5.41, 5.74) is 1.09. The summed E-state index contributed by atoms with van der Waals surface area (Å²) in [5.74, 6) is -1.23. The van der Waals surface area contributed by atoms with E-state index in [1.54, 1.807) is 18.2 Å². The summed E-state index contributed by atoms with van der Waals surface area (Å²) < 4.78 is 5.34. The lowest BCUT2D eigenvalue weighted by molar-refractivity contribution is -0.141. The van der Waals surface area contributed by atoms with Crippen LogP contribution in [0, 0.1) is 17.8 Å². The van der Waals surface area contributed by atoms with E-state index in [-0.39, 0.29) is 23.7 Å². The number of anilines is 2. The molecule has 2 amide bonds. The molecule has 7 heteroatoms. The molecular formula is C21H28N2O5. The Morgan fingerprint density at radius 1 is 0.929 bits per heavy atom. The van der Waals surface area contributed by atoms with Crippen LogP contribution in [-0.2, 0) is 14.4 Å². The zero-order valence-corrected chi connectivity index (χ0v) is 16.2. The van der Waals surface area contributed by atoms with Crippen molar-refractivity contribution in [3.05, 3.63) is 18.2 Å². The fraction of sp³-hybridized carbons (Fsp3) is 0.571. The van der Waals surface area contributed by atoms with Crippen molar-refractivity contribution in [3.8, 4) is 5.75 Å². The number of carbonyl (C=O) groups excluding carboxylic acids is 2. The van der Waals surface area contributed by atoms with Crippen molar-refractivity contribution in [3.63, 3.8) is 0 Å². The minimum absolute atomic E-state index is 0.0124. The summed E-state index contributed by atoms with van der Waals surface area (Å²) >= 11 is 0. The second-order valence-electron chi connectivity index (χ2n) is 7.77. The van der Waals surface area contributed by atoms with Crippen molar-refractivity contribution in [2.45, 2.75) is 51.4 Å². The topological polar surface area (TPSA) is 105 Å². The predicted molar refractivity (Wildman–Crippen MR) is 105 cm³/mol. The van der Waals surface area contributed by atoms with Gasteiger partial charge in [-0.25, -0.2) is 0 Å². The second kappa shape index (κ2) is 9.08. The first-order chi connectivity index (χ1) is 13.5. The van der Waals surface area contributed by atoms with Crippen LogP contribution in [0.25, 0.3) is 0 Å². The number of aliphatic carboxylic acids is 1. The van der Waals surface area contributed by atoms with Crippen molar-refractivity contribution < 1.29 is 24.2 Å². The van der Waals surface area contributed by atoms with Gasteiger partial charge in [-0.05, 0) is 50.3 Å². The van der Waals surface area contributed by atoms with Crippen molar-refractivity contribution in [1.82, 2.24) is 0 Å². The first kappa shape index (κ1) is 20.2. The van der Waals surface area contributed by atoms with E-state index in [9.17, 15) is 14.4 Å². The largest absolute Gasteiger partial charge is 0.495 e. The van der Waals surface area contributed by atoms with Crippen LogP contribution in [0.5, 0.6) is 5.75 Å². The quantitative estimate of drug-likeness (QED) is 0.690. The Balaban J connectivity index is 1.65. The molecule has 0 heterocycles. The maximum Gasteiger partial charge on any atom is 0.306 e. The maximum absolute atomic E-state index is 12.6. The molecule has 1 aromatic rings.